The van der Waals surface area contributed by atoms with Gasteiger partial charge in [-0.05, 0) is 48.4 Å². The number of hydrogen-bond acceptors (Lipinski definition) is 3. The number of nitrogens with zero attached hydrogens (tertiary/aromatic N) is 1. The van der Waals surface area contributed by atoms with Crippen molar-refractivity contribution in [3.63, 3.8) is 0 Å². The maximum absolute atomic E-state index is 12.4. The Morgan fingerprint density at radius 3 is 2.48 bits per heavy atom. The molecule has 5 heteroatoms. The van der Waals surface area contributed by atoms with E-state index in [4.69, 9.17) is 9.47 Å². The Morgan fingerprint density at radius 1 is 1.17 bits per heavy atom. The van der Waals surface area contributed by atoms with Crippen molar-refractivity contribution < 1.29 is 14.3 Å². The summed E-state index contributed by atoms with van der Waals surface area (Å²) in [7, 11) is 3.29. The first kappa shape index (κ1) is 16.0. The van der Waals surface area contributed by atoms with E-state index in [1.807, 2.05) is 17.0 Å². The molecule has 126 valence electrons. The van der Waals surface area contributed by atoms with Crippen LogP contribution >= 0.6 is 0 Å². The average Bonchev–Trinajstić information content (AvgIpc) is 3.11. The van der Waals surface area contributed by atoms with Crippen molar-refractivity contribution in [3.05, 3.63) is 23.3 Å². The highest BCUT2D eigenvalue weighted by molar-refractivity contribution is 5.74. The van der Waals surface area contributed by atoms with Crippen LogP contribution in [0.1, 0.15) is 36.8 Å². The fourth-order valence-corrected chi connectivity index (χ4v) is 3.61. The van der Waals surface area contributed by atoms with Gasteiger partial charge < -0.3 is 19.7 Å². The van der Waals surface area contributed by atoms with Crippen LogP contribution in [0.2, 0.25) is 0 Å². The van der Waals surface area contributed by atoms with Gasteiger partial charge in [0.15, 0.2) is 11.5 Å². The van der Waals surface area contributed by atoms with Gasteiger partial charge in [0, 0.05) is 19.6 Å². The Kier molecular flexibility index (Phi) is 4.94. The molecule has 0 aromatic heterocycles. The zero-order chi connectivity index (χ0) is 16.2. The van der Waals surface area contributed by atoms with Gasteiger partial charge in [0.2, 0.25) is 0 Å². The molecule has 23 heavy (non-hydrogen) atoms. The summed E-state index contributed by atoms with van der Waals surface area (Å²) >= 11 is 0. The SMILES string of the molecule is COc1cc2c(cc1OC)CN(C(=O)NCC1CCCC1)CC2. The molecule has 1 aromatic rings. The van der Waals surface area contributed by atoms with Crippen LogP contribution in [0.15, 0.2) is 12.1 Å². The summed E-state index contributed by atoms with van der Waals surface area (Å²) < 4.78 is 10.7. The van der Waals surface area contributed by atoms with Crippen molar-refractivity contribution in [1.29, 1.82) is 0 Å². The second-order valence-corrected chi connectivity index (χ2v) is 6.48. The normalized spacial score (nSPS) is 17.7. The van der Waals surface area contributed by atoms with Crippen molar-refractivity contribution in [1.82, 2.24) is 10.2 Å². The number of nitrogens with one attached hydrogen (secondary N) is 1. The first-order valence-corrected chi connectivity index (χ1v) is 8.48. The summed E-state index contributed by atoms with van der Waals surface area (Å²) in [4.78, 5) is 14.3. The van der Waals surface area contributed by atoms with Gasteiger partial charge in [-0.25, -0.2) is 4.79 Å². The topological polar surface area (TPSA) is 50.8 Å². The summed E-state index contributed by atoms with van der Waals surface area (Å²) in [5.74, 6) is 2.14. The highest BCUT2D eigenvalue weighted by Gasteiger charge is 2.23. The van der Waals surface area contributed by atoms with Gasteiger partial charge in [-0.3, -0.25) is 0 Å². The molecule has 1 aliphatic carbocycles. The standard InChI is InChI=1S/C18H26N2O3/c1-22-16-9-14-7-8-20(12-15(14)10-17(16)23-2)18(21)19-11-13-5-3-4-6-13/h9-10,13H,3-8,11-12H2,1-2H3,(H,19,21). The van der Waals surface area contributed by atoms with E-state index in [0.717, 1.165) is 36.6 Å². The summed E-state index contributed by atoms with van der Waals surface area (Å²) in [6.45, 7) is 2.19. The molecule has 2 aliphatic rings. The second kappa shape index (κ2) is 7.11. The fraction of sp³-hybridized carbons (Fsp3) is 0.611. The van der Waals surface area contributed by atoms with Gasteiger partial charge in [0.05, 0.1) is 14.2 Å². The Bertz CT molecular complexity index is 568. The lowest BCUT2D eigenvalue weighted by atomic mass is 9.99. The molecule has 1 N–H and O–H groups in total. The third kappa shape index (κ3) is 3.54. The number of amides is 2. The molecule has 0 spiro atoms. The number of hydrogen-bond donors (Lipinski definition) is 1. The van der Waals surface area contributed by atoms with E-state index in [0.29, 0.717) is 12.5 Å². The predicted octanol–water partition coefficient (Wildman–Crippen LogP) is 2.96. The Morgan fingerprint density at radius 2 is 1.83 bits per heavy atom. The lowest BCUT2D eigenvalue weighted by molar-refractivity contribution is 0.190. The molecule has 0 unspecified atom stereocenters. The van der Waals surface area contributed by atoms with Gasteiger partial charge in [0.25, 0.3) is 0 Å². The number of methoxy groups -OCH3 is 2. The average molecular weight is 318 g/mol. The second-order valence-electron chi connectivity index (χ2n) is 6.48. The van der Waals surface area contributed by atoms with Gasteiger partial charge in [0.1, 0.15) is 0 Å². The number of ether oxygens (including phenoxy) is 2. The van der Waals surface area contributed by atoms with E-state index in [-0.39, 0.29) is 6.03 Å². The Labute approximate surface area is 137 Å². The summed E-state index contributed by atoms with van der Waals surface area (Å²) in [5.41, 5.74) is 2.38. The number of fused-ring (bicyclic) bond motifs is 1. The van der Waals surface area contributed by atoms with Crippen LogP contribution in [0.4, 0.5) is 4.79 Å². The lowest BCUT2D eigenvalue weighted by Crippen LogP contribution is -2.44. The molecule has 1 saturated carbocycles. The van der Waals surface area contributed by atoms with Crippen LogP contribution in [0.5, 0.6) is 11.5 Å². The van der Waals surface area contributed by atoms with Gasteiger partial charge in [-0.1, -0.05) is 12.8 Å². The van der Waals surface area contributed by atoms with Crippen molar-refractivity contribution in [3.8, 4) is 11.5 Å². The molecule has 0 saturated heterocycles. The number of urea groups is 1. The molecular formula is C18H26N2O3. The molecule has 1 aliphatic heterocycles. The molecule has 5 nitrogen and oxygen atoms in total. The Hall–Kier alpha value is -1.91. The van der Waals surface area contributed by atoms with Crippen molar-refractivity contribution in [2.75, 3.05) is 27.3 Å². The van der Waals surface area contributed by atoms with E-state index in [1.54, 1.807) is 14.2 Å². The van der Waals surface area contributed by atoms with Crippen LogP contribution in [0, 0.1) is 5.92 Å². The van der Waals surface area contributed by atoms with Crippen molar-refractivity contribution in [2.24, 2.45) is 5.92 Å². The molecule has 1 fully saturated rings. The largest absolute Gasteiger partial charge is 0.493 e. The Balaban J connectivity index is 1.63. The third-order valence-electron chi connectivity index (χ3n) is 5.02. The van der Waals surface area contributed by atoms with E-state index in [2.05, 4.69) is 5.32 Å². The molecule has 1 heterocycles. The quantitative estimate of drug-likeness (QED) is 0.928. The molecule has 0 bridgehead atoms. The highest BCUT2D eigenvalue weighted by Crippen LogP contribution is 2.33. The maximum Gasteiger partial charge on any atom is 0.317 e. The number of rotatable bonds is 4. The number of carbonyl (C=O) groups excluding carboxylic acids is 1. The fourth-order valence-electron chi connectivity index (χ4n) is 3.61. The van der Waals surface area contributed by atoms with Gasteiger partial charge >= 0.3 is 6.03 Å². The monoisotopic (exact) mass is 318 g/mol. The van der Waals surface area contributed by atoms with E-state index in [9.17, 15) is 4.79 Å². The lowest BCUT2D eigenvalue weighted by Gasteiger charge is -2.30. The molecule has 3 rings (SSSR count). The van der Waals surface area contributed by atoms with Crippen LogP contribution in [-0.2, 0) is 13.0 Å². The summed E-state index contributed by atoms with van der Waals surface area (Å²) in [5, 5.41) is 3.11. The highest BCUT2D eigenvalue weighted by atomic mass is 16.5. The number of carbonyl (C=O) groups is 1. The van der Waals surface area contributed by atoms with Crippen LogP contribution in [0.25, 0.3) is 0 Å². The smallest absolute Gasteiger partial charge is 0.317 e. The van der Waals surface area contributed by atoms with E-state index >= 15 is 0 Å². The van der Waals surface area contributed by atoms with Crippen LogP contribution < -0.4 is 14.8 Å². The third-order valence-corrected chi connectivity index (χ3v) is 5.02. The maximum atomic E-state index is 12.4. The first-order chi connectivity index (χ1) is 11.2. The molecular weight excluding hydrogens is 292 g/mol. The molecule has 2 amide bonds. The van der Waals surface area contributed by atoms with Gasteiger partial charge in [-0.2, -0.15) is 0 Å². The van der Waals surface area contributed by atoms with E-state index in [1.165, 1.54) is 31.2 Å². The molecule has 0 atom stereocenters. The zero-order valence-electron chi connectivity index (χ0n) is 14.1. The summed E-state index contributed by atoms with van der Waals surface area (Å²) in [6.07, 6.45) is 5.96. The zero-order valence-corrected chi connectivity index (χ0v) is 14.1. The first-order valence-electron chi connectivity index (χ1n) is 8.48. The number of benzene rings is 1. The van der Waals surface area contributed by atoms with Gasteiger partial charge in [-0.15, -0.1) is 0 Å². The van der Waals surface area contributed by atoms with Crippen molar-refractivity contribution in [2.45, 2.75) is 38.6 Å². The minimum Gasteiger partial charge on any atom is -0.493 e. The van der Waals surface area contributed by atoms with Crippen LogP contribution in [0.3, 0.4) is 0 Å². The predicted molar refractivity (Wildman–Crippen MR) is 89.0 cm³/mol. The molecule has 0 radical (unpaired) electrons. The minimum atomic E-state index is 0.0531. The minimum absolute atomic E-state index is 0.0531. The summed E-state index contributed by atoms with van der Waals surface area (Å²) in [6, 6.07) is 4.07. The van der Waals surface area contributed by atoms with Crippen LogP contribution in [-0.4, -0.2) is 38.2 Å². The van der Waals surface area contributed by atoms with E-state index < -0.39 is 0 Å². The molecule has 1 aromatic carbocycles. The van der Waals surface area contributed by atoms with Crippen molar-refractivity contribution >= 4 is 6.03 Å².